The Bertz CT molecular complexity index is 701. The van der Waals surface area contributed by atoms with Gasteiger partial charge in [0.15, 0.2) is 0 Å². The maximum atomic E-state index is 5.87. The standard InChI is InChI=1S/C15H14ClN3/c1-19-10-18-14-8-13(6-7-15(14)19)17-9-11-2-4-12(16)5-3-11/h2-8,10,17H,9H2,1H3. The van der Waals surface area contributed by atoms with Gasteiger partial charge >= 0.3 is 0 Å². The van der Waals surface area contributed by atoms with Crippen molar-refractivity contribution in [3.8, 4) is 0 Å². The van der Waals surface area contributed by atoms with Crippen LogP contribution in [0.1, 0.15) is 5.56 Å². The molecular formula is C15H14ClN3. The van der Waals surface area contributed by atoms with Crippen molar-refractivity contribution < 1.29 is 0 Å². The first kappa shape index (κ1) is 12.1. The minimum absolute atomic E-state index is 0.763. The van der Waals surface area contributed by atoms with E-state index in [-0.39, 0.29) is 0 Å². The highest BCUT2D eigenvalue weighted by atomic mass is 35.5. The predicted octanol–water partition coefficient (Wildman–Crippen LogP) is 3.84. The molecule has 3 nitrogen and oxygen atoms in total. The Labute approximate surface area is 116 Å². The molecule has 1 heterocycles. The molecule has 0 saturated carbocycles. The molecule has 3 aromatic rings. The average molecular weight is 272 g/mol. The monoisotopic (exact) mass is 271 g/mol. The first-order valence-corrected chi connectivity index (χ1v) is 6.49. The molecule has 0 spiro atoms. The number of benzene rings is 2. The molecule has 0 amide bonds. The molecule has 4 heteroatoms. The molecule has 0 aliphatic carbocycles. The van der Waals surface area contributed by atoms with Gasteiger partial charge in [-0.3, -0.25) is 0 Å². The third-order valence-corrected chi connectivity index (χ3v) is 3.39. The molecule has 0 aliphatic rings. The van der Waals surface area contributed by atoms with Gasteiger partial charge in [0.1, 0.15) is 0 Å². The van der Waals surface area contributed by atoms with Crippen LogP contribution in [-0.4, -0.2) is 9.55 Å². The number of nitrogens with zero attached hydrogens (tertiary/aromatic N) is 2. The minimum Gasteiger partial charge on any atom is -0.381 e. The van der Waals surface area contributed by atoms with Crippen LogP contribution in [0.2, 0.25) is 5.02 Å². The largest absolute Gasteiger partial charge is 0.381 e. The number of fused-ring (bicyclic) bond motifs is 1. The fourth-order valence-corrected chi connectivity index (χ4v) is 2.18. The van der Waals surface area contributed by atoms with E-state index in [0.29, 0.717) is 0 Å². The van der Waals surface area contributed by atoms with Gasteiger partial charge in [0, 0.05) is 24.3 Å². The van der Waals surface area contributed by atoms with Gasteiger partial charge in [-0.1, -0.05) is 23.7 Å². The molecule has 0 fully saturated rings. The number of aromatic nitrogens is 2. The summed E-state index contributed by atoms with van der Waals surface area (Å²) in [5, 5.41) is 4.15. The summed E-state index contributed by atoms with van der Waals surface area (Å²) in [5.41, 5.74) is 4.41. The molecule has 1 aromatic heterocycles. The van der Waals surface area contributed by atoms with Gasteiger partial charge in [0.05, 0.1) is 17.4 Å². The number of rotatable bonds is 3. The van der Waals surface area contributed by atoms with Crippen molar-refractivity contribution >= 4 is 28.3 Å². The van der Waals surface area contributed by atoms with E-state index in [1.54, 1.807) is 0 Å². The summed E-state index contributed by atoms with van der Waals surface area (Å²) < 4.78 is 2.01. The zero-order valence-electron chi connectivity index (χ0n) is 10.6. The summed E-state index contributed by atoms with van der Waals surface area (Å²) in [6, 6.07) is 14.1. The summed E-state index contributed by atoms with van der Waals surface area (Å²) in [5.74, 6) is 0. The van der Waals surface area contributed by atoms with Crippen molar-refractivity contribution in [1.29, 1.82) is 0 Å². The Hall–Kier alpha value is -2.00. The zero-order valence-corrected chi connectivity index (χ0v) is 11.4. The molecule has 0 bridgehead atoms. The number of anilines is 1. The summed E-state index contributed by atoms with van der Waals surface area (Å²) in [6.45, 7) is 0.773. The normalized spacial score (nSPS) is 10.8. The van der Waals surface area contributed by atoms with Crippen LogP contribution in [0.4, 0.5) is 5.69 Å². The van der Waals surface area contributed by atoms with Gasteiger partial charge in [-0.05, 0) is 35.9 Å². The van der Waals surface area contributed by atoms with E-state index in [1.807, 2.05) is 42.2 Å². The molecule has 3 rings (SSSR count). The maximum Gasteiger partial charge on any atom is 0.0955 e. The molecule has 0 atom stereocenters. The highest BCUT2D eigenvalue weighted by molar-refractivity contribution is 6.30. The molecule has 0 aliphatic heterocycles. The number of imidazole rings is 1. The van der Waals surface area contributed by atoms with E-state index in [2.05, 4.69) is 28.5 Å². The first-order chi connectivity index (χ1) is 9.22. The van der Waals surface area contributed by atoms with Crippen molar-refractivity contribution in [3.63, 3.8) is 0 Å². The van der Waals surface area contributed by atoms with Gasteiger partial charge in [0.2, 0.25) is 0 Å². The third kappa shape index (κ3) is 2.56. The Kier molecular flexibility index (Phi) is 3.13. The Morgan fingerprint density at radius 1 is 1.16 bits per heavy atom. The quantitative estimate of drug-likeness (QED) is 0.784. The number of hydrogen-bond donors (Lipinski definition) is 1. The SMILES string of the molecule is Cn1cnc2cc(NCc3ccc(Cl)cc3)ccc21. The van der Waals surface area contributed by atoms with Gasteiger partial charge in [-0.15, -0.1) is 0 Å². The van der Waals surface area contributed by atoms with E-state index in [0.717, 1.165) is 28.3 Å². The predicted molar refractivity (Wildman–Crippen MR) is 79.5 cm³/mol. The minimum atomic E-state index is 0.763. The second kappa shape index (κ2) is 4.94. The summed E-state index contributed by atoms with van der Waals surface area (Å²) in [6.07, 6.45) is 1.83. The zero-order chi connectivity index (χ0) is 13.2. The molecule has 0 saturated heterocycles. The van der Waals surface area contributed by atoms with E-state index in [4.69, 9.17) is 11.6 Å². The number of aryl methyl sites for hydroxylation is 1. The Morgan fingerprint density at radius 2 is 1.95 bits per heavy atom. The summed E-state index contributed by atoms with van der Waals surface area (Å²) in [4.78, 5) is 4.35. The summed E-state index contributed by atoms with van der Waals surface area (Å²) in [7, 11) is 2.00. The number of nitrogens with one attached hydrogen (secondary N) is 1. The van der Waals surface area contributed by atoms with Crippen LogP contribution < -0.4 is 5.32 Å². The highest BCUT2D eigenvalue weighted by Gasteiger charge is 2.01. The van der Waals surface area contributed by atoms with Crippen LogP contribution in [-0.2, 0) is 13.6 Å². The van der Waals surface area contributed by atoms with E-state index in [9.17, 15) is 0 Å². The second-order valence-electron chi connectivity index (χ2n) is 4.54. The molecule has 2 aromatic carbocycles. The lowest BCUT2D eigenvalue weighted by Gasteiger charge is -2.07. The smallest absolute Gasteiger partial charge is 0.0955 e. The molecule has 0 radical (unpaired) electrons. The van der Waals surface area contributed by atoms with Crippen LogP contribution in [0.15, 0.2) is 48.8 Å². The van der Waals surface area contributed by atoms with E-state index < -0.39 is 0 Å². The first-order valence-electron chi connectivity index (χ1n) is 6.12. The number of halogens is 1. The van der Waals surface area contributed by atoms with Crippen LogP contribution >= 0.6 is 11.6 Å². The molecule has 1 N–H and O–H groups in total. The Balaban J connectivity index is 1.76. The Morgan fingerprint density at radius 3 is 2.74 bits per heavy atom. The van der Waals surface area contributed by atoms with Crippen molar-refractivity contribution in [2.45, 2.75) is 6.54 Å². The van der Waals surface area contributed by atoms with Gasteiger partial charge in [0.25, 0.3) is 0 Å². The lowest BCUT2D eigenvalue weighted by atomic mass is 10.2. The lowest BCUT2D eigenvalue weighted by molar-refractivity contribution is 0.947. The van der Waals surface area contributed by atoms with Crippen molar-refractivity contribution in [2.75, 3.05) is 5.32 Å². The van der Waals surface area contributed by atoms with E-state index in [1.165, 1.54) is 5.56 Å². The second-order valence-corrected chi connectivity index (χ2v) is 4.98. The molecule has 96 valence electrons. The third-order valence-electron chi connectivity index (χ3n) is 3.14. The van der Waals surface area contributed by atoms with Crippen LogP contribution in [0.3, 0.4) is 0 Å². The maximum absolute atomic E-state index is 5.87. The van der Waals surface area contributed by atoms with Crippen LogP contribution in [0.5, 0.6) is 0 Å². The highest BCUT2D eigenvalue weighted by Crippen LogP contribution is 2.18. The lowest BCUT2D eigenvalue weighted by Crippen LogP contribution is -1.99. The van der Waals surface area contributed by atoms with Gasteiger partial charge in [-0.25, -0.2) is 4.98 Å². The van der Waals surface area contributed by atoms with Crippen molar-refractivity contribution in [2.24, 2.45) is 7.05 Å². The van der Waals surface area contributed by atoms with Crippen molar-refractivity contribution in [1.82, 2.24) is 9.55 Å². The fraction of sp³-hybridized carbons (Fsp3) is 0.133. The molecular weight excluding hydrogens is 258 g/mol. The van der Waals surface area contributed by atoms with Crippen LogP contribution in [0, 0.1) is 0 Å². The summed E-state index contributed by atoms with van der Waals surface area (Å²) >= 11 is 5.87. The average Bonchev–Trinajstić information content (AvgIpc) is 2.79. The van der Waals surface area contributed by atoms with Gasteiger partial charge in [-0.2, -0.15) is 0 Å². The molecule has 19 heavy (non-hydrogen) atoms. The fourth-order valence-electron chi connectivity index (χ4n) is 2.05. The topological polar surface area (TPSA) is 29.9 Å². The van der Waals surface area contributed by atoms with Crippen LogP contribution in [0.25, 0.3) is 11.0 Å². The molecule has 0 unspecified atom stereocenters. The number of hydrogen-bond acceptors (Lipinski definition) is 2. The van der Waals surface area contributed by atoms with Gasteiger partial charge < -0.3 is 9.88 Å². The van der Waals surface area contributed by atoms with E-state index >= 15 is 0 Å². The van der Waals surface area contributed by atoms with Crippen molar-refractivity contribution in [3.05, 3.63) is 59.4 Å².